The Morgan fingerprint density at radius 3 is 1.44 bits per heavy atom. The number of rotatable bonds is 4. The maximum absolute atomic E-state index is 6.32. The largest absolute Gasteiger partial charge is 0.338 e. The van der Waals surface area contributed by atoms with Crippen molar-refractivity contribution in [3.63, 3.8) is 0 Å². The van der Waals surface area contributed by atoms with Gasteiger partial charge >= 0.3 is 0 Å². The van der Waals surface area contributed by atoms with Crippen LogP contribution in [-0.4, -0.2) is 21.3 Å². The van der Waals surface area contributed by atoms with Gasteiger partial charge in [-0.25, -0.2) is 0 Å². The van der Waals surface area contributed by atoms with E-state index in [2.05, 4.69) is 81.9 Å². The predicted molar refractivity (Wildman–Crippen MR) is 151 cm³/mol. The molecule has 7 heteroatoms. The van der Waals surface area contributed by atoms with Crippen LogP contribution in [0.3, 0.4) is 0 Å². The SMILES string of the molecule is CC(N)Cn1c2cc3c4sc(C(C)(C)C)cc4n(CC(N)N)c3cc2c2sc(C(C)(C)C)cc21. The van der Waals surface area contributed by atoms with Crippen molar-refractivity contribution in [2.75, 3.05) is 0 Å². The molecule has 0 amide bonds. The predicted octanol–water partition coefficient (Wildman–Crippen LogP) is 6.21. The van der Waals surface area contributed by atoms with E-state index < -0.39 is 6.17 Å². The normalized spacial score (nSPS) is 14.6. The van der Waals surface area contributed by atoms with Crippen LogP contribution >= 0.6 is 22.7 Å². The minimum atomic E-state index is -0.413. The molecule has 34 heavy (non-hydrogen) atoms. The van der Waals surface area contributed by atoms with Gasteiger partial charge in [0, 0.05) is 33.1 Å². The minimum Gasteiger partial charge on any atom is -0.338 e. The monoisotopic (exact) mass is 495 g/mol. The second kappa shape index (κ2) is 7.80. The van der Waals surface area contributed by atoms with E-state index in [4.69, 9.17) is 17.2 Å². The van der Waals surface area contributed by atoms with Gasteiger partial charge in [-0.05, 0) is 42.0 Å². The van der Waals surface area contributed by atoms with Crippen molar-refractivity contribution in [3.05, 3.63) is 34.0 Å². The fourth-order valence-electron chi connectivity index (χ4n) is 4.83. The van der Waals surface area contributed by atoms with E-state index in [-0.39, 0.29) is 16.9 Å². The Balaban J connectivity index is 1.89. The fourth-order valence-corrected chi connectivity index (χ4v) is 7.32. The van der Waals surface area contributed by atoms with Gasteiger partial charge in [-0.1, -0.05) is 41.5 Å². The van der Waals surface area contributed by atoms with Gasteiger partial charge in [0.15, 0.2) is 0 Å². The van der Waals surface area contributed by atoms with Crippen LogP contribution in [0.4, 0.5) is 0 Å². The molecule has 1 atom stereocenters. The second-order valence-corrected chi connectivity index (χ2v) is 14.0. The summed E-state index contributed by atoms with van der Waals surface area (Å²) in [5.41, 5.74) is 23.7. The lowest BCUT2D eigenvalue weighted by atomic mass is 9.95. The van der Waals surface area contributed by atoms with Crippen LogP contribution in [0, 0.1) is 0 Å². The molecule has 4 heterocycles. The van der Waals surface area contributed by atoms with Gasteiger partial charge in [0.1, 0.15) is 0 Å². The van der Waals surface area contributed by atoms with Crippen molar-refractivity contribution in [1.82, 2.24) is 9.13 Å². The number of aromatic nitrogens is 2. The second-order valence-electron chi connectivity index (χ2n) is 11.9. The number of hydrogen-bond acceptors (Lipinski definition) is 5. The van der Waals surface area contributed by atoms with E-state index in [1.165, 1.54) is 52.0 Å². The molecular weight excluding hydrogens is 458 g/mol. The van der Waals surface area contributed by atoms with E-state index in [9.17, 15) is 0 Å². The molecule has 0 saturated carbocycles. The summed E-state index contributed by atoms with van der Waals surface area (Å²) in [6, 6.07) is 9.51. The average molecular weight is 496 g/mol. The zero-order chi connectivity index (χ0) is 24.7. The Bertz CT molecular complexity index is 1410. The highest BCUT2D eigenvalue weighted by atomic mass is 32.1. The maximum atomic E-state index is 6.32. The van der Waals surface area contributed by atoms with Gasteiger partial charge in [0.05, 0.1) is 44.2 Å². The fraction of sp³-hybridized carbons (Fsp3) is 0.481. The number of nitrogens with two attached hydrogens (primary N) is 3. The van der Waals surface area contributed by atoms with E-state index >= 15 is 0 Å². The van der Waals surface area contributed by atoms with E-state index in [0.29, 0.717) is 6.54 Å². The molecule has 0 aliphatic rings. The first-order valence-electron chi connectivity index (χ1n) is 12.0. The quantitative estimate of drug-likeness (QED) is 0.259. The van der Waals surface area contributed by atoms with Gasteiger partial charge in [0.2, 0.25) is 0 Å². The lowest BCUT2D eigenvalue weighted by Crippen LogP contribution is -2.35. The lowest BCUT2D eigenvalue weighted by Gasteiger charge is -2.16. The summed E-state index contributed by atoms with van der Waals surface area (Å²) in [6.45, 7) is 17.1. The Morgan fingerprint density at radius 1 is 0.676 bits per heavy atom. The number of thiophene rings is 2. The number of benzene rings is 1. The van der Waals surface area contributed by atoms with Gasteiger partial charge in [0.25, 0.3) is 0 Å². The van der Waals surface area contributed by atoms with Crippen molar-refractivity contribution in [1.29, 1.82) is 0 Å². The van der Waals surface area contributed by atoms with E-state index in [1.54, 1.807) is 0 Å². The minimum absolute atomic E-state index is 0.0709. The molecule has 1 aromatic carbocycles. The van der Waals surface area contributed by atoms with E-state index in [1.807, 2.05) is 22.7 Å². The smallest absolute Gasteiger partial charge is 0.0706 e. The highest BCUT2D eigenvalue weighted by Crippen LogP contribution is 2.45. The summed E-state index contributed by atoms with van der Waals surface area (Å²) in [7, 11) is 0. The third kappa shape index (κ3) is 3.78. The van der Waals surface area contributed by atoms with Crippen LogP contribution in [0.1, 0.15) is 58.2 Å². The van der Waals surface area contributed by atoms with Crippen LogP contribution in [0.15, 0.2) is 24.3 Å². The number of fused-ring (bicyclic) bond motifs is 6. The molecule has 0 saturated heterocycles. The molecule has 5 aromatic rings. The van der Waals surface area contributed by atoms with Crippen LogP contribution in [0.5, 0.6) is 0 Å². The molecule has 0 spiro atoms. The maximum Gasteiger partial charge on any atom is 0.0706 e. The summed E-state index contributed by atoms with van der Waals surface area (Å²) < 4.78 is 7.41. The molecule has 0 aliphatic carbocycles. The van der Waals surface area contributed by atoms with Gasteiger partial charge in [-0.2, -0.15) is 0 Å². The molecule has 0 aliphatic heterocycles. The topological polar surface area (TPSA) is 87.9 Å². The lowest BCUT2D eigenvalue weighted by molar-refractivity contribution is 0.592. The average Bonchev–Trinajstić information content (AvgIpc) is 3.41. The summed E-state index contributed by atoms with van der Waals surface area (Å²) in [6.07, 6.45) is -0.413. The first kappa shape index (κ1) is 23.8. The van der Waals surface area contributed by atoms with Crippen molar-refractivity contribution >= 4 is 64.9 Å². The molecule has 6 N–H and O–H groups in total. The van der Waals surface area contributed by atoms with Crippen LogP contribution < -0.4 is 17.2 Å². The number of hydrogen-bond donors (Lipinski definition) is 3. The Kier molecular flexibility index (Phi) is 5.47. The standard InChI is InChI=1S/C27H37N5S2/c1-14(28)12-31-17-8-16-18(9-15(17)24-19(31)10-21(33-24)26(2,3)4)32(13-23(29)30)20-11-22(27(5,6)7)34-25(16)20/h8-11,14,23H,12-13,28-30H2,1-7H3. The molecule has 0 bridgehead atoms. The van der Waals surface area contributed by atoms with Crippen molar-refractivity contribution in [2.45, 2.75) is 84.6 Å². The molecule has 1 unspecified atom stereocenters. The van der Waals surface area contributed by atoms with Crippen molar-refractivity contribution < 1.29 is 0 Å². The molecule has 0 radical (unpaired) electrons. The van der Waals surface area contributed by atoms with Crippen LogP contribution in [-0.2, 0) is 23.9 Å². The first-order valence-corrected chi connectivity index (χ1v) is 13.7. The molecule has 182 valence electrons. The third-order valence-electron chi connectivity index (χ3n) is 6.53. The zero-order valence-electron chi connectivity index (χ0n) is 21.3. The number of nitrogens with zero attached hydrogens (tertiary/aromatic N) is 2. The molecule has 5 nitrogen and oxygen atoms in total. The highest BCUT2D eigenvalue weighted by Gasteiger charge is 2.25. The molecule has 5 rings (SSSR count). The summed E-state index contributed by atoms with van der Waals surface area (Å²) in [5, 5.41) is 2.56. The zero-order valence-corrected chi connectivity index (χ0v) is 23.0. The third-order valence-corrected chi connectivity index (χ3v) is 9.70. The van der Waals surface area contributed by atoms with Crippen LogP contribution in [0.25, 0.3) is 42.2 Å². The van der Waals surface area contributed by atoms with Crippen molar-refractivity contribution in [2.24, 2.45) is 17.2 Å². The van der Waals surface area contributed by atoms with Crippen molar-refractivity contribution in [3.8, 4) is 0 Å². The first-order chi connectivity index (χ1) is 15.8. The summed E-state index contributed by atoms with van der Waals surface area (Å²) in [4.78, 5) is 2.77. The van der Waals surface area contributed by atoms with Crippen LogP contribution in [0.2, 0.25) is 0 Å². The summed E-state index contributed by atoms with van der Waals surface area (Å²) in [5.74, 6) is 0. The Morgan fingerprint density at radius 2 is 1.09 bits per heavy atom. The molecule has 4 aromatic heterocycles. The highest BCUT2D eigenvalue weighted by molar-refractivity contribution is 7.20. The Hall–Kier alpha value is -1.90. The Labute approximate surface area is 209 Å². The van der Waals surface area contributed by atoms with E-state index in [0.717, 1.165) is 6.54 Å². The molecular formula is C27H37N5S2. The van der Waals surface area contributed by atoms with Gasteiger partial charge in [-0.3, -0.25) is 0 Å². The van der Waals surface area contributed by atoms with Gasteiger partial charge < -0.3 is 26.3 Å². The van der Waals surface area contributed by atoms with Gasteiger partial charge in [-0.15, -0.1) is 22.7 Å². The molecule has 0 fully saturated rings. The summed E-state index contributed by atoms with van der Waals surface area (Å²) >= 11 is 3.80.